The molecule has 0 bridgehead atoms. The van der Waals surface area contributed by atoms with Gasteiger partial charge < -0.3 is 5.32 Å². The molecule has 1 unspecified atom stereocenters. The predicted molar refractivity (Wildman–Crippen MR) is 71.7 cm³/mol. The second kappa shape index (κ2) is 4.83. The van der Waals surface area contributed by atoms with Gasteiger partial charge in [-0.05, 0) is 38.2 Å². The zero-order valence-corrected chi connectivity index (χ0v) is 12.5. The third-order valence-corrected chi connectivity index (χ3v) is 6.46. The number of halogens is 1. The molecule has 1 aromatic heterocycles. The molecule has 1 aliphatic rings. The summed E-state index contributed by atoms with van der Waals surface area (Å²) in [6.07, 6.45) is 2.29. The van der Waals surface area contributed by atoms with Crippen LogP contribution in [0.2, 0.25) is 0 Å². The molecule has 0 aromatic carbocycles. The molecule has 1 amide bonds. The molecule has 1 atom stereocenters. The summed E-state index contributed by atoms with van der Waals surface area (Å²) >= 11 is 0.982. The van der Waals surface area contributed by atoms with Gasteiger partial charge in [0, 0.05) is 22.1 Å². The first-order chi connectivity index (χ1) is 8.30. The molecule has 0 radical (unpaired) electrons. The van der Waals surface area contributed by atoms with E-state index in [1.807, 2.05) is 6.92 Å². The van der Waals surface area contributed by atoms with Gasteiger partial charge in [0.25, 0.3) is 15.0 Å². The molecule has 1 saturated carbocycles. The number of amides is 1. The molecule has 1 aromatic rings. The topological polar surface area (TPSA) is 63.2 Å². The maximum atomic E-state index is 12.0. The largest absolute Gasteiger partial charge is 0.349 e. The summed E-state index contributed by atoms with van der Waals surface area (Å²) in [5.74, 6) is 0.332. The summed E-state index contributed by atoms with van der Waals surface area (Å²) in [6, 6.07) is 0.132. The van der Waals surface area contributed by atoms with E-state index in [1.54, 1.807) is 12.3 Å². The van der Waals surface area contributed by atoms with Crippen LogP contribution in [0.15, 0.2) is 9.59 Å². The highest BCUT2D eigenvalue weighted by Crippen LogP contribution is 2.33. The maximum Gasteiger partial charge on any atom is 0.271 e. The van der Waals surface area contributed by atoms with Crippen molar-refractivity contribution in [2.75, 3.05) is 0 Å². The molecule has 18 heavy (non-hydrogen) atoms. The lowest BCUT2D eigenvalue weighted by molar-refractivity contribution is 0.0935. The van der Waals surface area contributed by atoms with Gasteiger partial charge in [-0.15, -0.1) is 11.3 Å². The Labute approximate surface area is 115 Å². The normalized spacial score (nSPS) is 17.5. The SMILES string of the molecule is Cc1c(C(=O)NC(C)C2CC2)csc1S(=O)(=O)Cl. The van der Waals surface area contributed by atoms with Gasteiger partial charge in [0.05, 0.1) is 5.56 Å². The van der Waals surface area contributed by atoms with Crippen LogP contribution in [0.1, 0.15) is 35.7 Å². The van der Waals surface area contributed by atoms with Gasteiger partial charge in [-0.3, -0.25) is 4.79 Å². The first-order valence-corrected chi connectivity index (χ1v) is 8.83. The molecule has 0 aliphatic heterocycles. The number of hydrogen-bond acceptors (Lipinski definition) is 4. The third-order valence-electron chi connectivity index (χ3n) is 3.15. The van der Waals surface area contributed by atoms with Crippen molar-refractivity contribution >= 4 is 37.0 Å². The van der Waals surface area contributed by atoms with Crippen LogP contribution >= 0.6 is 22.0 Å². The molecule has 1 aliphatic carbocycles. The smallest absolute Gasteiger partial charge is 0.271 e. The van der Waals surface area contributed by atoms with Crippen molar-refractivity contribution in [1.29, 1.82) is 0 Å². The van der Waals surface area contributed by atoms with Crippen LogP contribution < -0.4 is 5.32 Å². The highest BCUT2D eigenvalue weighted by molar-refractivity contribution is 8.15. The molecule has 100 valence electrons. The molecular formula is C11H14ClNO3S2. The van der Waals surface area contributed by atoms with Gasteiger partial charge in [-0.1, -0.05) is 0 Å². The van der Waals surface area contributed by atoms with Crippen molar-refractivity contribution in [2.45, 2.75) is 36.9 Å². The molecular weight excluding hydrogens is 294 g/mol. The average Bonchev–Trinajstić information content (AvgIpc) is 3.00. The minimum absolute atomic E-state index is 0.0494. The molecule has 2 rings (SSSR count). The van der Waals surface area contributed by atoms with Crippen LogP contribution in [0, 0.1) is 12.8 Å². The number of nitrogens with one attached hydrogen (secondary N) is 1. The Balaban J connectivity index is 2.18. The zero-order valence-electron chi connectivity index (χ0n) is 10.1. The van der Waals surface area contributed by atoms with Crippen LogP contribution in [-0.4, -0.2) is 20.4 Å². The van der Waals surface area contributed by atoms with E-state index in [-0.39, 0.29) is 16.2 Å². The van der Waals surface area contributed by atoms with Crippen molar-refractivity contribution in [3.63, 3.8) is 0 Å². The number of rotatable bonds is 4. The number of thiophene rings is 1. The Morgan fingerprint density at radius 3 is 2.61 bits per heavy atom. The first kappa shape index (κ1) is 13.8. The first-order valence-electron chi connectivity index (χ1n) is 5.64. The van der Waals surface area contributed by atoms with Crippen molar-refractivity contribution < 1.29 is 13.2 Å². The fraction of sp³-hybridized carbons (Fsp3) is 0.545. The van der Waals surface area contributed by atoms with E-state index in [0.717, 1.165) is 24.2 Å². The second-order valence-electron chi connectivity index (χ2n) is 4.60. The van der Waals surface area contributed by atoms with Crippen molar-refractivity contribution in [3.8, 4) is 0 Å². The Kier molecular flexibility index (Phi) is 3.71. The summed E-state index contributed by atoms with van der Waals surface area (Å²) in [5, 5.41) is 4.43. The van der Waals surface area contributed by atoms with Crippen molar-refractivity contribution in [2.24, 2.45) is 5.92 Å². The highest BCUT2D eigenvalue weighted by atomic mass is 35.7. The number of carbonyl (C=O) groups excluding carboxylic acids is 1. The minimum atomic E-state index is -3.77. The number of carbonyl (C=O) groups is 1. The van der Waals surface area contributed by atoms with Gasteiger partial charge in [0.15, 0.2) is 0 Å². The van der Waals surface area contributed by atoms with Gasteiger partial charge in [-0.2, -0.15) is 0 Å². The van der Waals surface area contributed by atoms with Crippen LogP contribution in [-0.2, 0) is 9.05 Å². The molecule has 0 saturated heterocycles. The molecule has 0 spiro atoms. The van der Waals surface area contributed by atoms with E-state index in [9.17, 15) is 13.2 Å². The monoisotopic (exact) mass is 307 g/mol. The van der Waals surface area contributed by atoms with E-state index in [1.165, 1.54) is 0 Å². The van der Waals surface area contributed by atoms with E-state index in [0.29, 0.717) is 17.0 Å². The summed E-state index contributed by atoms with van der Waals surface area (Å²) in [4.78, 5) is 12.0. The third kappa shape index (κ3) is 2.87. The van der Waals surface area contributed by atoms with Gasteiger partial charge in [0.2, 0.25) is 0 Å². The standard InChI is InChI=1S/C11H14ClNO3S2/c1-6-9(5-17-11(6)18(12,15)16)10(14)13-7(2)8-3-4-8/h5,7-8H,3-4H2,1-2H3,(H,13,14). The Bertz CT molecular complexity index is 575. The molecule has 7 heteroatoms. The molecule has 1 fully saturated rings. The highest BCUT2D eigenvalue weighted by Gasteiger charge is 2.30. The van der Waals surface area contributed by atoms with Crippen molar-refractivity contribution in [3.05, 3.63) is 16.5 Å². The van der Waals surface area contributed by atoms with Gasteiger partial charge >= 0.3 is 0 Å². The zero-order chi connectivity index (χ0) is 13.5. The molecule has 1 heterocycles. The maximum absolute atomic E-state index is 12.0. The lowest BCUT2D eigenvalue weighted by atomic mass is 10.1. The summed E-state index contributed by atoms with van der Waals surface area (Å²) in [5.41, 5.74) is 0.822. The summed E-state index contributed by atoms with van der Waals surface area (Å²) in [6.45, 7) is 3.57. The Morgan fingerprint density at radius 2 is 2.17 bits per heavy atom. The van der Waals surface area contributed by atoms with Crippen LogP contribution in [0.3, 0.4) is 0 Å². The van der Waals surface area contributed by atoms with Crippen LogP contribution in [0.25, 0.3) is 0 Å². The fourth-order valence-corrected chi connectivity index (χ4v) is 4.41. The fourth-order valence-electron chi connectivity index (χ4n) is 1.86. The summed E-state index contributed by atoms with van der Waals surface area (Å²) < 4.78 is 22.6. The molecule has 1 N–H and O–H groups in total. The molecule has 4 nitrogen and oxygen atoms in total. The predicted octanol–water partition coefficient (Wildman–Crippen LogP) is 2.51. The quantitative estimate of drug-likeness (QED) is 0.869. The Hall–Kier alpha value is -0.590. The van der Waals surface area contributed by atoms with E-state index in [2.05, 4.69) is 5.32 Å². The van der Waals surface area contributed by atoms with Gasteiger partial charge in [-0.25, -0.2) is 8.42 Å². The van der Waals surface area contributed by atoms with Gasteiger partial charge in [0.1, 0.15) is 4.21 Å². The Morgan fingerprint density at radius 1 is 1.56 bits per heavy atom. The van der Waals surface area contributed by atoms with Crippen LogP contribution in [0.5, 0.6) is 0 Å². The van der Waals surface area contributed by atoms with E-state index in [4.69, 9.17) is 10.7 Å². The van der Waals surface area contributed by atoms with E-state index >= 15 is 0 Å². The second-order valence-corrected chi connectivity index (χ2v) is 8.24. The van der Waals surface area contributed by atoms with Crippen LogP contribution in [0.4, 0.5) is 0 Å². The lowest BCUT2D eigenvalue weighted by Gasteiger charge is -2.12. The van der Waals surface area contributed by atoms with Crippen molar-refractivity contribution in [1.82, 2.24) is 5.32 Å². The average molecular weight is 308 g/mol. The summed E-state index contributed by atoms with van der Waals surface area (Å²) in [7, 11) is 1.53. The minimum Gasteiger partial charge on any atom is -0.349 e. The lowest BCUT2D eigenvalue weighted by Crippen LogP contribution is -2.34. The van der Waals surface area contributed by atoms with E-state index < -0.39 is 9.05 Å². The number of hydrogen-bond donors (Lipinski definition) is 1.